The van der Waals surface area contributed by atoms with Gasteiger partial charge in [0.15, 0.2) is 5.78 Å². The molecule has 0 heterocycles. The number of nitrogens with two attached hydrogens (primary N) is 1. The molecule has 0 radical (unpaired) electrons. The third kappa shape index (κ3) is 5.40. The topological polar surface area (TPSA) is 125 Å². The molecule has 130 valence electrons. The molecule has 2 rings (SSSR count). The molecule has 0 aliphatic heterocycles. The van der Waals surface area contributed by atoms with Gasteiger partial charge < -0.3 is 15.8 Å². The monoisotopic (exact) mass is 343 g/mol. The third-order valence-electron chi connectivity index (χ3n) is 3.42. The largest absolute Gasteiger partial charge is 0.445 e. The lowest BCUT2D eigenvalue weighted by molar-refractivity contribution is -0.384. The first-order chi connectivity index (χ1) is 12.0. The molecular weight excluding hydrogens is 326 g/mol. The van der Waals surface area contributed by atoms with Gasteiger partial charge in [0, 0.05) is 24.2 Å². The summed E-state index contributed by atoms with van der Waals surface area (Å²) in [6, 6.07) is 12.5. The van der Waals surface area contributed by atoms with Crippen molar-refractivity contribution in [2.24, 2.45) is 5.73 Å². The van der Waals surface area contributed by atoms with E-state index < -0.39 is 11.0 Å². The fraction of sp³-hybridized carbons (Fsp3) is 0.176. The zero-order valence-corrected chi connectivity index (χ0v) is 13.3. The number of non-ortho nitro benzene ring substituents is 1. The first-order valence-corrected chi connectivity index (χ1v) is 7.45. The second kappa shape index (κ2) is 8.55. The summed E-state index contributed by atoms with van der Waals surface area (Å²) in [7, 11) is 0. The SMILES string of the molecule is NCC(=O)c1ccc(CNC(=O)OCc2ccc([N+](=O)[O-])cc2)cc1. The van der Waals surface area contributed by atoms with Crippen LogP contribution >= 0.6 is 0 Å². The van der Waals surface area contributed by atoms with Gasteiger partial charge in [0.2, 0.25) is 0 Å². The number of nitro groups is 1. The Balaban J connectivity index is 1.78. The summed E-state index contributed by atoms with van der Waals surface area (Å²) in [6.45, 7) is 0.205. The van der Waals surface area contributed by atoms with E-state index in [2.05, 4.69) is 5.32 Å². The highest BCUT2D eigenvalue weighted by Crippen LogP contribution is 2.12. The molecular formula is C17H17N3O5. The summed E-state index contributed by atoms with van der Waals surface area (Å²) < 4.78 is 5.04. The average Bonchev–Trinajstić information content (AvgIpc) is 2.64. The van der Waals surface area contributed by atoms with Crippen molar-refractivity contribution >= 4 is 17.6 Å². The number of ketones is 1. The highest BCUT2D eigenvalue weighted by molar-refractivity contribution is 5.97. The Hall–Kier alpha value is -3.26. The molecule has 0 atom stereocenters. The average molecular weight is 343 g/mol. The van der Waals surface area contributed by atoms with Crippen LogP contribution in [0.4, 0.5) is 10.5 Å². The third-order valence-corrected chi connectivity index (χ3v) is 3.42. The summed E-state index contributed by atoms with van der Waals surface area (Å²) in [5.74, 6) is -0.151. The Bertz CT molecular complexity index is 757. The molecule has 0 saturated carbocycles. The van der Waals surface area contributed by atoms with E-state index in [0.29, 0.717) is 11.1 Å². The number of Topliss-reactive ketones (excluding diaryl/α,β-unsaturated/α-hetero) is 1. The van der Waals surface area contributed by atoms with Gasteiger partial charge in [-0.15, -0.1) is 0 Å². The number of hydrogen-bond acceptors (Lipinski definition) is 6. The second-order valence-corrected chi connectivity index (χ2v) is 5.18. The molecule has 0 unspecified atom stereocenters. The smallest absolute Gasteiger partial charge is 0.407 e. The van der Waals surface area contributed by atoms with E-state index in [-0.39, 0.29) is 31.2 Å². The van der Waals surface area contributed by atoms with Gasteiger partial charge in [0.05, 0.1) is 11.5 Å². The number of benzene rings is 2. The van der Waals surface area contributed by atoms with Gasteiger partial charge >= 0.3 is 6.09 Å². The number of amides is 1. The van der Waals surface area contributed by atoms with Crippen molar-refractivity contribution in [2.75, 3.05) is 6.54 Å². The van der Waals surface area contributed by atoms with Crippen LogP contribution in [0.3, 0.4) is 0 Å². The number of ether oxygens (including phenoxy) is 1. The van der Waals surface area contributed by atoms with Crippen molar-refractivity contribution in [3.05, 3.63) is 75.3 Å². The molecule has 8 heteroatoms. The van der Waals surface area contributed by atoms with Crippen molar-refractivity contribution in [2.45, 2.75) is 13.2 Å². The van der Waals surface area contributed by atoms with Crippen molar-refractivity contribution < 1.29 is 19.2 Å². The molecule has 0 fully saturated rings. The molecule has 0 aliphatic rings. The molecule has 0 saturated heterocycles. The molecule has 3 N–H and O–H groups in total. The Morgan fingerprint density at radius 2 is 1.64 bits per heavy atom. The molecule has 2 aromatic rings. The number of nitrogens with one attached hydrogen (secondary N) is 1. The quantitative estimate of drug-likeness (QED) is 0.451. The zero-order valence-electron chi connectivity index (χ0n) is 13.3. The van der Waals surface area contributed by atoms with E-state index in [1.165, 1.54) is 24.3 Å². The van der Waals surface area contributed by atoms with Crippen LogP contribution in [0.25, 0.3) is 0 Å². The van der Waals surface area contributed by atoms with Crippen LogP contribution in [0.2, 0.25) is 0 Å². The lowest BCUT2D eigenvalue weighted by atomic mass is 10.1. The van der Waals surface area contributed by atoms with Crippen LogP contribution in [0.15, 0.2) is 48.5 Å². The predicted molar refractivity (Wildman–Crippen MR) is 89.9 cm³/mol. The summed E-state index contributed by atoms with van der Waals surface area (Å²) in [4.78, 5) is 33.2. The zero-order chi connectivity index (χ0) is 18.2. The minimum Gasteiger partial charge on any atom is -0.445 e. The maximum atomic E-state index is 11.7. The number of nitro benzene ring substituents is 1. The molecule has 0 bridgehead atoms. The van der Waals surface area contributed by atoms with Crippen molar-refractivity contribution in [1.82, 2.24) is 5.32 Å². The second-order valence-electron chi connectivity index (χ2n) is 5.18. The normalized spacial score (nSPS) is 10.1. The minimum atomic E-state index is -0.611. The van der Waals surface area contributed by atoms with Gasteiger partial charge in [-0.05, 0) is 23.3 Å². The van der Waals surface area contributed by atoms with Crippen LogP contribution in [-0.4, -0.2) is 23.3 Å². The van der Waals surface area contributed by atoms with Gasteiger partial charge in [-0.25, -0.2) is 4.79 Å². The van der Waals surface area contributed by atoms with Crippen LogP contribution < -0.4 is 11.1 Å². The molecule has 25 heavy (non-hydrogen) atoms. The van der Waals surface area contributed by atoms with Crippen molar-refractivity contribution in [3.63, 3.8) is 0 Å². The molecule has 0 aliphatic carbocycles. The van der Waals surface area contributed by atoms with E-state index in [1.54, 1.807) is 24.3 Å². The molecule has 0 aromatic heterocycles. The van der Waals surface area contributed by atoms with Crippen molar-refractivity contribution in [1.29, 1.82) is 0 Å². The molecule has 1 amide bonds. The first-order valence-electron chi connectivity index (χ1n) is 7.45. The van der Waals surface area contributed by atoms with E-state index >= 15 is 0 Å². The number of alkyl carbamates (subject to hydrolysis) is 1. The number of rotatable bonds is 7. The standard InChI is InChI=1S/C17H17N3O5/c18-9-16(21)14-5-1-12(2-6-14)10-19-17(22)25-11-13-3-7-15(8-4-13)20(23)24/h1-8H,9-11,18H2,(H,19,22). The lowest BCUT2D eigenvalue weighted by Gasteiger charge is -2.07. The molecule has 0 spiro atoms. The molecule has 8 nitrogen and oxygen atoms in total. The van der Waals surface area contributed by atoms with E-state index in [9.17, 15) is 19.7 Å². The van der Waals surface area contributed by atoms with Gasteiger partial charge in [-0.2, -0.15) is 0 Å². The number of nitrogens with zero attached hydrogens (tertiary/aromatic N) is 1. The van der Waals surface area contributed by atoms with Crippen LogP contribution in [0.5, 0.6) is 0 Å². The Morgan fingerprint density at radius 1 is 1.04 bits per heavy atom. The van der Waals surface area contributed by atoms with Crippen LogP contribution in [0, 0.1) is 10.1 Å². The fourth-order valence-electron chi connectivity index (χ4n) is 2.01. The van der Waals surface area contributed by atoms with Crippen LogP contribution in [-0.2, 0) is 17.9 Å². The summed E-state index contributed by atoms with van der Waals surface area (Å²) in [6.07, 6.45) is -0.611. The van der Waals surface area contributed by atoms with Gasteiger partial charge in [-0.3, -0.25) is 14.9 Å². The number of carbonyl (C=O) groups excluding carboxylic acids is 2. The fourth-order valence-corrected chi connectivity index (χ4v) is 2.01. The predicted octanol–water partition coefficient (Wildman–Crippen LogP) is 2.16. The summed E-state index contributed by atoms with van der Waals surface area (Å²) in [5, 5.41) is 13.1. The van der Waals surface area contributed by atoms with E-state index in [0.717, 1.165) is 5.56 Å². The van der Waals surface area contributed by atoms with Crippen LogP contribution in [0.1, 0.15) is 21.5 Å². The number of hydrogen-bond donors (Lipinski definition) is 2. The van der Waals surface area contributed by atoms with E-state index in [1.807, 2.05) is 0 Å². The van der Waals surface area contributed by atoms with Gasteiger partial charge in [0.1, 0.15) is 6.61 Å². The number of carbonyl (C=O) groups is 2. The molecule has 2 aromatic carbocycles. The Labute approximate surface area is 143 Å². The van der Waals surface area contributed by atoms with E-state index in [4.69, 9.17) is 10.5 Å². The minimum absolute atomic E-state index is 0.00771. The highest BCUT2D eigenvalue weighted by Gasteiger charge is 2.07. The van der Waals surface area contributed by atoms with Crippen molar-refractivity contribution in [3.8, 4) is 0 Å². The maximum absolute atomic E-state index is 11.7. The van der Waals surface area contributed by atoms with Gasteiger partial charge in [0.25, 0.3) is 5.69 Å². The Morgan fingerprint density at radius 3 is 2.20 bits per heavy atom. The summed E-state index contributed by atoms with van der Waals surface area (Å²) in [5.41, 5.74) is 7.24. The Kier molecular flexibility index (Phi) is 6.19. The maximum Gasteiger partial charge on any atom is 0.407 e. The lowest BCUT2D eigenvalue weighted by Crippen LogP contribution is -2.23. The highest BCUT2D eigenvalue weighted by atomic mass is 16.6. The van der Waals surface area contributed by atoms with Gasteiger partial charge in [-0.1, -0.05) is 24.3 Å². The first kappa shape index (κ1) is 18.1. The summed E-state index contributed by atoms with van der Waals surface area (Å²) >= 11 is 0.